The van der Waals surface area contributed by atoms with Crippen molar-refractivity contribution in [2.24, 2.45) is 0 Å². The molecule has 0 aliphatic carbocycles. The molecule has 3 aromatic rings. The molecule has 0 bridgehead atoms. The summed E-state index contributed by atoms with van der Waals surface area (Å²) in [5, 5.41) is 0.148. The SMILES string of the molecule is COc1cc(OC)c2c(=O)c(OC3OC(C)C(OC)C(OC)C3OC)c(-c3cc(OC)c(OC)c(OC)c3)oc2c1. The summed E-state index contributed by atoms with van der Waals surface area (Å²) in [7, 11) is 12.0. The highest BCUT2D eigenvalue weighted by Gasteiger charge is 2.47. The standard InChI is InChI=1S/C29H36O12/c1-14-23(35-6)27(37-8)28(38-9)29(39-14)41-26-22(30)21-17(32-3)12-16(31-2)13-18(21)40-24(26)15-10-19(33-4)25(36-7)20(11-15)34-5/h10-14,23,27-29H,1-9H3. The van der Waals surface area contributed by atoms with Crippen LogP contribution in [0, 0.1) is 0 Å². The number of methoxy groups -OCH3 is 8. The van der Waals surface area contributed by atoms with E-state index < -0.39 is 36.1 Å². The Hall–Kier alpha value is -3.71. The van der Waals surface area contributed by atoms with Crippen LogP contribution >= 0.6 is 0 Å². The number of fused-ring (bicyclic) bond motifs is 1. The van der Waals surface area contributed by atoms with Crippen molar-refractivity contribution in [3.05, 3.63) is 34.5 Å². The quantitative estimate of drug-likeness (QED) is 0.331. The molecule has 12 nitrogen and oxygen atoms in total. The molecule has 224 valence electrons. The molecular formula is C29H36O12. The van der Waals surface area contributed by atoms with Crippen molar-refractivity contribution >= 4 is 11.0 Å². The van der Waals surface area contributed by atoms with E-state index in [1.54, 1.807) is 38.5 Å². The third kappa shape index (κ3) is 5.47. The van der Waals surface area contributed by atoms with Crippen molar-refractivity contribution in [3.8, 4) is 45.8 Å². The van der Waals surface area contributed by atoms with Crippen LogP contribution in [0.2, 0.25) is 0 Å². The van der Waals surface area contributed by atoms with Gasteiger partial charge in [-0.3, -0.25) is 4.79 Å². The molecule has 1 aliphatic rings. The van der Waals surface area contributed by atoms with Gasteiger partial charge < -0.3 is 51.8 Å². The highest BCUT2D eigenvalue weighted by molar-refractivity contribution is 5.89. The zero-order chi connectivity index (χ0) is 29.8. The van der Waals surface area contributed by atoms with Gasteiger partial charge in [0.1, 0.15) is 40.8 Å². The Balaban J connectivity index is 2.00. The zero-order valence-corrected chi connectivity index (χ0v) is 24.6. The van der Waals surface area contributed by atoms with Crippen LogP contribution in [-0.4, -0.2) is 87.6 Å². The van der Waals surface area contributed by atoms with Gasteiger partial charge in [0, 0.05) is 39.0 Å². The Morgan fingerprint density at radius 3 is 1.78 bits per heavy atom. The van der Waals surface area contributed by atoms with Gasteiger partial charge in [0.2, 0.25) is 23.2 Å². The minimum Gasteiger partial charge on any atom is -0.496 e. The molecule has 0 N–H and O–H groups in total. The zero-order valence-electron chi connectivity index (χ0n) is 24.6. The molecule has 0 amide bonds. The summed E-state index contributed by atoms with van der Waals surface area (Å²) in [6, 6.07) is 6.47. The second kappa shape index (κ2) is 12.9. The molecule has 0 spiro atoms. The number of benzene rings is 2. The average molecular weight is 577 g/mol. The third-order valence-electron chi connectivity index (χ3n) is 7.05. The summed E-state index contributed by atoms with van der Waals surface area (Å²) in [5.41, 5.74) is 0.104. The molecule has 1 fully saturated rings. The van der Waals surface area contributed by atoms with Crippen LogP contribution in [0.25, 0.3) is 22.3 Å². The van der Waals surface area contributed by atoms with E-state index >= 15 is 0 Å². The van der Waals surface area contributed by atoms with E-state index in [1.165, 1.54) is 42.7 Å². The first kappa shape index (κ1) is 30.3. The maximum absolute atomic E-state index is 14.2. The second-order valence-corrected chi connectivity index (χ2v) is 9.13. The van der Waals surface area contributed by atoms with Gasteiger partial charge in [0.15, 0.2) is 17.3 Å². The van der Waals surface area contributed by atoms with E-state index in [2.05, 4.69) is 0 Å². The molecule has 0 radical (unpaired) electrons. The van der Waals surface area contributed by atoms with Crippen molar-refractivity contribution in [2.45, 2.75) is 37.6 Å². The van der Waals surface area contributed by atoms with E-state index in [9.17, 15) is 4.79 Å². The second-order valence-electron chi connectivity index (χ2n) is 9.13. The summed E-state index contributed by atoms with van der Waals surface area (Å²) in [4.78, 5) is 14.2. The number of hydrogen-bond donors (Lipinski definition) is 0. The van der Waals surface area contributed by atoms with Crippen LogP contribution in [0.5, 0.6) is 34.5 Å². The van der Waals surface area contributed by atoms with Gasteiger partial charge in [-0.05, 0) is 19.1 Å². The molecule has 1 aromatic heterocycles. The van der Waals surface area contributed by atoms with Crippen LogP contribution in [0.1, 0.15) is 6.92 Å². The first-order valence-electron chi connectivity index (χ1n) is 12.7. The molecule has 5 atom stereocenters. The smallest absolute Gasteiger partial charge is 0.239 e. The average Bonchev–Trinajstić information content (AvgIpc) is 3.00. The highest BCUT2D eigenvalue weighted by atomic mass is 16.7. The lowest BCUT2D eigenvalue weighted by atomic mass is 9.99. The maximum atomic E-state index is 14.2. The molecule has 1 aliphatic heterocycles. The van der Waals surface area contributed by atoms with Gasteiger partial charge in [0.05, 0.1) is 41.7 Å². The number of ether oxygens (including phenoxy) is 10. The minimum absolute atomic E-state index is 0.0750. The topological polar surface area (TPSA) is 123 Å². The van der Waals surface area contributed by atoms with Crippen LogP contribution < -0.4 is 33.8 Å². The van der Waals surface area contributed by atoms with E-state index in [-0.39, 0.29) is 28.2 Å². The van der Waals surface area contributed by atoms with Crippen molar-refractivity contribution in [1.29, 1.82) is 0 Å². The Morgan fingerprint density at radius 2 is 1.27 bits per heavy atom. The lowest BCUT2D eigenvalue weighted by molar-refractivity contribution is -0.283. The minimum atomic E-state index is -1.07. The van der Waals surface area contributed by atoms with Crippen molar-refractivity contribution < 1.29 is 51.8 Å². The van der Waals surface area contributed by atoms with Gasteiger partial charge in [0.25, 0.3) is 0 Å². The van der Waals surface area contributed by atoms with Crippen LogP contribution in [0.3, 0.4) is 0 Å². The van der Waals surface area contributed by atoms with Gasteiger partial charge in [-0.1, -0.05) is 0 Å². The number of hydrogen-bond acceptors (Lipinski definition) is 12. The molecule has 2 heterocycles. The fourth-order valence-electron chi connectivity index (χ4n) is 5.06. The monoisotopic (exact) mass is 576 g/mol. The predicted molar refractivity (Wildman–Crippen MR) is 148 cm³/mol. The molecule has 12 heteroatoms. The molecule has 0 saturated carbocycles. The van der Waals surface area contributed by atoms with Crippen LogP contribution in [-0.2, 0) is 18.9 Å². The Morgan fingerprint density at radius 1 is 0.659 bits per heavy atom. The van der Waals surface area contributed by atoms with E-state index in [4.69, 9.17) is 51.8 Å². The summed E-state index contributed by atoms with van der Waals surface area (Å²) < 4.78 is 63.4. The van der Waals surface area contributed by atoms with Crippen molar-refractivity contribution in [3.63, 3.8) is 0 Å². The molecule has 5 unspecified atom stereocenters. The predicted octanol–water partition coefficient (Wildman–Crippen LogP) is 3.67. The largest absolute Gasteiger partial charge is 0.496 e. The van der Waals surface area contributed by atoms with Crippen molar-refractivity contribution in [1.82, 2.24) is 0 Å². The Kier molecular flexibility index (Phi) is 9.49. The molecule has 4 rings (SSSR count). The third-order valence-corrected chi connectivity index (χ3v) is 7.05. The molecule has 41 heavy (non-hydrogen) atoms. The lowest BCUT2D eigenvalue weighted by Crippen LogP contribution is -2.60. The summed E-state index contributed by atoms with van der Waals surface area (Å²) >= 11 is 0. The maximum Gasteiger partial charge on any atom is 0.239 e. The first-order valence-corrected chi connectivity index (χ1v) is 12.7. The van der Waals surface area contributed by atoms with Gasteiger partial charge in [-0.2, -0.15) is 0 Å². The lowest BCUT2D eigenvalue weighted by Gasteiger charge is -2.43. The van der Waals surface area contributed by atoms with E-state index in [0.717, 1.165) is 0 Å². The van der Waals surface area contributed by atoms with Crippen LogP contribution in [0.15, 0.2) is 33.5 Å². The normalized spacial score (nSPS) is 22.3. The van der Waals surface area contributed by atoms with Gasteiger partial charge in [-0.15, -0.1) is 0 Å². The van der Waals surface area contributed by atoms with Gasteiger partial charge >= 0.3 is 0 Å². The molecule has 1 saturated heterocycles. The fraction of sp³-hybridized carbons (Fsp3) is 0.483. The molecule has 2 aromatic carbocycles. The summed E-state index contributed by atoms with van der Waals surface area (Å²) in [6.07, 6.45) is -3.30. The van der Waals surface area contributed by atoms with E-state index in [0.29, 0.717) is 28.6 Å². The number of rotatable bonds is 11. The van der Waals surface area contributed by atoms with Crippen LogP contribution in [0.4, 0.5) is 0 Å². The summed E-state index contributed by atoms with van der Waals surface area (Å²) in [6.45, 7) is 1.82. The Bertz CT molecular complexity index is 1390. The Labute approximate surface area is 237 Å². The van der Waals surface area contributed by atoms with E-state index in [1.807, 2.05) is 6.92 Å². The fourth-order valence-corrected chi connectivity index (χ4v) is 5.06. The first-order chi connectivity index (χ1) is 19.8. The molecular weight excluding hydrogens is 540 g/mol. The summed E-state index contributed by atoms with van der Waals surface area (Å²) in [5.74, 6) is 1.65. The van der Waals surface area contributed by atoms with Gasteiger partial charge in [-0.25, -0.2) is 0 Å². The van der Waals surface area contributed by atoms with Crippen molar-refractivity contribution in [2.75, 3.05) is 56.9 Å². The highest BCUT2D eigenvalue weighted by Crippen LogP contribution is 2.44.